The van der Waals surface area contributed by atoms with Crippen molar-refractivity contribution >= 4 is 16.5 Å². The molecule has 2 aromatic carbocycles. The van der Waals surface area contributed by atoms with Crippen molar-refractivity contribution in [1.82, 2.24) is 20.0 Å². The molecular weight excluding hydrogens is 433 g/mol. The minimum absolute atomic E-state index is 0.0745. The summed E-state index contributed by atoms with van der Waals surface area (Å²) in [4.78, 5) is 16.2. The summed E-state index contributed by atoms with van der Waals surface area (Å²) in [6, 6.07) is 5.40. The van der Waals surface area contributed by atoms with E-state index in [1.54, 1.807) is 30.9 Å². The van der Waals surface area contributed by atoms with Crippen molar-refractivity contribution in [1.29, 1.82) is 0 Å². The molecule has 8 heteroatoms. The van der Waals surface area contributed by atoms with Crippen LogP contribution in [-0.2, 0) is 13.5 Å². The highest BCUT2D eigenvalue weighted by atomic mass is 19.1. The van der Waals surface area contributed by atoms with Crippen LogP contribution in [0.5, 0.6) is 5.75 Å². The van der Waals surface area contributed by atoms with E-state index in [0.717, 1.165) is 35.0 Å². The monoisotopic (exact) mass is 457 g/mol. The zero-order chi connectivity index (χ0) is 24.1. The molecule has 0 bridgehead atoms. The molecule has 0 amide bonds. The van der Waals surface area contributed by atoms with E-state index in [-0.39, 0.29) is 22.9 Å². The van der Waals surface area contributed by atoms with Gasteiger partial charge in [0.2, 0.25) is 5.69 Å². The van der Waals surface area contributed by atoms with E-state index in [4.69, 9.17) is 11.3 Å². The van der Waals surface area contributed by atoms with Crippen LogP contribution in [0.3, 0.4) is 0 Å². The molecule has 1 N–H and O–H groups in total. The molecule has 1 fully saturated rings. The van der Waals surface area contributed by atoms with Gasteiger partial charge >= 0.3 is 0 Å². The van der Waals surface area contributed by atoms with Gasteiger partial charge in [0.25, 0.3) is 5.56 Å². The maximum atomic E-state index is 15.6. The van der Waals surface area contributed by atoms with Crippen LogP contribution in [0, 0.1) is 26.2 Å². The molecule has 2 heterocycles. The first-order chi connectivity index (χ1) is 16.3. The van der Waals surface area contributed by atoms with Gasteiger partial charge in [0.1, 0.15) is 11.6 Å². The highest BCUT2D eigenvalue weighted by Gasteiger charge is 2.29. The third-order valence-electron chi connectivity index (χ3n) is 6.30. The summed E-state index contributed by atoms with van der Waals surface area (Å²) >= 11 is 0. The zero-order valence-corrected chi connectivity index (χ0v) is 19.5. The third kappa shape index (κ3) is 3.45. The van der Waals surface area contributed by atoms with Crippen LogP contribution < -0.4 is 10.3 Å². The van der Waals surface area contributed by atoms with Gasteiger partial charge < -0.3 is 4.74 Å². The largest absolute Gasteiger partial charge is 0.501 e. The van der Waals surface area contributed by atoms with Gasteiger partial charge in [-0.2, -0.15) is 10.2 Å². The topological polar surface area (TPSA) is 77.2 Å². The molecular formula is C26H24FN5O2. The van der Waals surface area contributed by atoms with Crippen molar-refractivity contribution in [2.45, 2.75) is 46.1 Å². The molecule has 1 aliphatic carbocycles. The van der Waals surface area contributed by atoms with E-state index in [1.807, 2.05) is 26.0 Å². The predicted octanol–water partition coefficient (Wildman–Crippen LogP) is 5.40. The van der Waals surface area contributed by atoms with E-state index in [2.05, 4.69) is 20.1 Å². The maximum Gasteiger partial charge on any atom is 0.272 e. The fourth-order valence-corrected chi connectivity index (χ4v) is 4.46. The second-order valence-electron chi connectivity index (χ2n) is 8.76. The van der Waals surface area contributed by atoms with Crippen molar-refractivity contribution in [3.05, 3.63) is 68.8 Å². The smallest absolute Gasteiger partial charge is 0.272 e. The molecule has 0 radical (unpaired) electrons. The first-order valence-corrected chi connectivity index (χ1v) is 11.3. The number of nitrogens with one attached hydrogen (secondary N) is 1. The van der Waals surface area contributed by atoms with Crippen LogP contribution in [0.1, 0.15) is 36.6 Å². The van der Waals surface area contributed by atoms with Gasteiger partial charge in [-0.15, -0.1) is 0 Å². The Hall–Kier alpha value is -3.99. The van der Waals surface area contributed by atoms with Crippen LogP contribution in [-0.4, -0.2) is 26.1 Å². The molecule has 0 aliphatic heterocycles. The molecule has 0 unspecified atom stereocenters. The van der Waals surface area contributed by atoms with Gasteiger partial charge in [-0.1, -0.05) is 13.0 Å². The fourth-order valence-electron chi connectivity index (χ4n) is 4.46. The number of aromatic amines is 1. The molecule has 1 aliphatic rings. The number of halogens is 1. The molecule has 1 saturated carbocycles. The molecule has 0 spiro atoms. The Morgan fingerprint density at radius 1 is 1.26 bits per heavy atom. The second kappa shape index (κ2) is 8.10. The van der Waals surface area contributed by atoms with Crippen molar-refractivity contribution in [2.24, 2.45) is 7.05 Å². The standard InChI is InChI=1S/C26H24FN5O2/c1-6-19-17-11-15(9-13(2)21(17)26(33)31-30-19)18-12-29-32(5)25(18)22-23(27)14(3)10-20(24(22)28-4)34-16-7-8-16/h9-12,16H,6-8H2,1-3,5H3,(H,31,33). The summed E-state index contributed by atoms with van der Waals surface area (Å²) in [6.07, 6.45) is 4.25. The molecule has 0 atom stereocenters. The number of aromatic nitrogens is 4. The first kappa shape index (κ1) is 21.8. The molecule has 172 valence electrons. The van der Waals surface area contributed by atoms with Crippen molar-refractivity contribution in [3.63, 3.8) is 0 Å². The number of fused-ring (bicyclic) bond motifs is 1. The van der Waals surface area contributed by atoms with Crippen LogP contribution in [0.2, 0.25) is 0 Å². The summed E-state index contributed by atoms with van der Waals surface area (Å²) in [6.45, 7) is 13.3. The van der Waals surface area contributed by atoms with Crippen molar-refractivity contribution in [2.75, 3.05) is 0 Å². The van der Waals surface area contributed by atoms with Crippen molar-refractivity contribution < 1.29 is 9.13 Å². The van der Waals surface area contributed by atoms with E-state index in [9.17, 15) is 4.79 Å². The Morgan fingerprint density at radius 3 is 2.71 bits per heavy atom. The molecule has 2 aromatic heterocycles. The molecule has 0 saturated heterocycles. The number of ether oxygens (including phenoxy) is 1. The average Bonchev–Trinajstić information content (AvgIpc) is 3.55. The lowest BCUT2D eigenvalue weighted by molar-refractivity contribution is 0.304. The Balaban J connectivity index is 1.79. The van der Waals surface area contributed by atoms with E-state index in [0.29, 0.717) is 34.4 Å². The van der Waals surface area contributed by atoms with Gasteiger partial charge in [-0.3, -0.25) is 9.48 Å². The van der Waals surface area contributed by atoms with E-state index in [1.165, 1.54) is 0 Å². The lowest BCUT2D eigenvalue weighted by Crippen LogP contribution is -2.12. The van der Waals surface area contributed by atoms with Crippen LogP contribution >= 0.6 is 0 Å². The van der Waals surface area contributed by atoms with Crippen LogP contribution in [0.25, 0.3) is 38.0 Å². The quantitative estimate of drug-likeness (QED) is 0.407. The minimum Gasteiger partial charge on any atom is -0.501 e. The maximum absolute atomic E-state index is 15.6. The number of H-pyrrole nitrogens is 1. The summed E-state index contributed by atoms with van der Waals surface area (Å²) in [5.41, 5.74) is 3.97. The summed E-state index contributed by atoms with van der Waals surface area (Å²) in [5.74, 6) is -0.0684. The van der Waals surface area contributed by atoms with Crippen LogP contribution in [0.15, 0.2) is 29.2 Å². The minimum atomic E-state index is -0.469. The lowest BCUT2D eigenvalue weighted by Gasteiger charge is -2.16. The van der Waals surface area contributed by atoms with Gasteiger partial charge in [0.15, 0.2) is 0 Å². The van der Waals surface area contributed by atoms with E-state index >= 15 is 4.39 Å². The number of hydrogen-bond acceptors (Lipinski definition) is 4. The summed E-state index contributed by atoms with van der Waals surface area (Å²) in [7, 11) is 1.73. The predicted molar refractivity (Wildman–Crippen MR) is 129 cm³/mol. The number of benzene rings is 2. The summed E-state index contributed by atoms with van der Waals surface area (Å²) in [5, 5.41) is 12.5. The Morgan fingerprint density at radius 2 is 2.03 bits per heavy atom. The average molecular weight is 458 g/mol. The fraction of sp³-hybridized carbons (Fsp3) is 0.308. The molecule has 5 rings (SSSR count). The Labute approximate surface area is 196 Å². The molecule has 34 heavy (non-hydrogen) atoms. The highest BCUT2D eigenvalue weighted by Crippen LogP contribution is 2.46. The summed E-state index contributed by atoms with van der Waals surface area (Å²) < 4.78 is 23.2. The Kier molecular flexibility index (Phi) is 5.20. The second-order valence-corrected chi connectivity index (χ2v) is 8.76. The van der Waals surface area contributed by atoms with Gasteiger partial charge in [-0.05, 0) is 61.9 Å². The SMILES string of the molecule is [C-]#[N+]c1c(OC2CC2)cc(C)c(F)c1-c1c(-c2cc(C)c3c(=O)[nH]nc(CC)c3c2)cnn1C. The molecule has 4 aromatic rings. The number of rotatable bonds is 5. The van der Waals surface area contributed by atoms with Gasteiger partial charge in [-0.25, -0.2) is 14.3 Å². The first-order valence-electron chi connectivity index (χ1n) is 11.3. The normalized spacial score (nSPS) is 13.3. The molecule has 7 nitrogen and oxygen atoms in total. The third-order valence-corrected chi connectivity index (χ3v) is 6.30. The zero-order valence-electron chi connectivity index (χ0n) is 19.5. The lowest BCUT2D eigenvalue weighted by atomic mass is 9.94. The van der Waals surface area contributed by atoms with Crippen molar-refractivity contribution in [3.8, 4) is 28.1 Å². The number of aryl methyl sites for hydroxylation is 4. The van der Waals surface area contributed by atoms with E-state index < -0.39 is 5.82 Å². The Bertz CT molecular complexity index is 1560. The number of nitrogens with zero attached hydrogens (tertiary/aromatic N) is 4. The highest BCUT2D eigenvalue weighted by molar-refractivity contribution is 5.95. The number of hydrogen-bond donors (Lipinski definition) is 1. The van der Waals surface area contributed by atoms with Crippen LogP contribution in [0.4, 0.5) is 10.1 Å². The van der Waals surface area contributed by atoms with Gasteiger partial charge in [0, 0.05) is 23.6 Å². The van der Waals surface area contributed by atoms with Gasteiger partial charge in [0.05, 0.1) is 35.6 Å².